The lowest BCUT2D eigenvalue weighted by Gasteiger charge is -2.27. The van der Waals surface area contributed by atoms with Crippen LogP contribution in [-0.2, 0) is 5.41 Å². The average molecular weight is 1720 g/mol. The van der Waals surface area contributed by atoms with E-state index in [0.717, 1.165) is 51.2 Å². The fourth-order valence-electron chi connectivity index (χ4n) is 21.2. The number of anilines is 9. The minimum absolute atomic E-state index is 0.0966. The summed E-state index contributed by atoms with van der Waals surface area (Å²) in [5.41, 5.74) is 20.7. The predicted molar refractivity (Wildman–Crippen MR) is 573 cm³/mol. The number of thiophene rings is 2. The first-order valence-corrected chi connectivity index (χ1v) is 47.1. The van der Waals surface area contributed by atoms with Gasteiger partial charge in [0.2, 0.25) is 0 Å². The molecule has 132 heavy (non-hydrogen) atoms. The van der Waals surface area contributed by atoms with Gasteiger partial charge in [-0.15, -0.1) is 22.7 Å². The largest absolute Gasteiger partial charge is 0.310 e. The Morgan fingerprint density at radius 2 is 0.485 bits per heavy atom. The van der Waals surface area contributed by atoms with Crippen molar-refractivity contribution < 1.29 is 0 Å². The van der Waals surface area contributed by atoms with Crippen LogP contribution in [0.4, 0.5) is 51.2 Å². The van der Waals surface area contributed by atoms with Gasteiger partial charge in [0.1, 0.15) is 0 Å². The normalized spacial score (nSPS) is 12.2. The highest BCUT2D eigenvalue weighted by atomic mass is 32.1. The van der Waals surface area contributed by atoms with E-state index in [-0.39, 0.29) is 5.41 Å². The Bertz CT molecular complexity index is 9000. The van der Waals surface area contributed by atoms with E-state index in [1.807, 2.05) is 22.7 Å². The van der Waals surface area contributed by atoms with Crippen LogP contribution in [0.5, 0.6) is 0 Å². The van der Waals surface area contributed by atoms with Gasteiger partial charge in [-0.2, -0.15) is 0 Å². The zero-order chi connectivity index (χ0) is 87.5. The third kappa shape index (κ3) is 13.5. The molecule has 0 atom stereocenters. The van der Waals surface area contributed by atoms with Crippen LogP contribution in [0, 0.1) is 0 Å². The molecule has 0 aliphatic heterocycles. The molecular weight excluding hydrogens is 1630 g/mol. The van der Waals surface area contributed by atoms with Gasteiger partial charge in [-0.3, -0.25) is 0 Å². The molecule has 0 fully saturated rings. The lowest BCUT2D eigenvalue weighted by molar-refractivity contribution is 0.666. The maximum atomic E-state index is 2.41. The standard InChI is InChI=1S/C49H35N.C42H27NS.C36H23NS/c1-49(2)45-19-11-10-18-43(45)47-42-17-9-8-16-41(42)46-40-29-27-39(31-36(40)23-28-44(46)48(47)49)50(38-26-22-33-14-6-7-15-35(33)30-38)37-24-20-34(21-25-37)32-12-4-3-5-13-32;1-3-9-28(10-4-1)29-19-21-34(22-20-29)43(33-11-5-2-6-12-33)35-23-24-36-31(25-35)17-15-30-16-18-32-26-39-37-13-7-8-14-40(37)44-41(39)27-38(32)42(30)36;1-3-9-27(10-4-1)37(28-11-5-2-6-12-28)29-19-20-30-25(21-29)17-15-24-16-18-26-22-33-31-13-7-8-14-34(31)38-35(33)23-32(26)36(24)30/h3-31H,1-2H3;1-27H;1-23H. The quantitative estimate of drug-likeness (QED) is 0.120. The number of benzene rings is 24. The Hall–Kier alpha value is -16.3. The van der Waals surface area contributed by atoms with Gasteiger partial charge in [-0.1, -0.05) is 347 Å². The molecule has 0 radical (unpaired) electrons. The second kappa shape index (κ2) is 32.2. The highest BCUT2D eigenvalue weighted by Gasteiger charge is 2.39. The van der Waals surface area contributed by atoms with Gasteiger partial charge in [0.15, 0.2) is 0 Å². The van der Waals surface area contributed by atoms with Crippen molar-refractivity contribution in [3.8, 4) is 33.4 Å². The summed E-state index contributed by atoms with van der Waals surface area (Å²) in [6.07, 6.45) is 0. The van der Waals surface area contributed by atoms with E-state index in [1.54, 1.807) is 0 Å². The molecule has 26 aromatic rings. The zero-order valence-corrected chi connectivity index (χ0v) is 74.4. The first-order valence-electron chi connectivity index (χ1n) is 45.5. The highest BCUT2D eigenvalue weighted by Crippen LogP contribution is 2.56. The SMILES string of the molecule is CC1(C)c2ccccc2-c2c1c1ccc3cc(N(c4ccc(-c5ccccc5)cc4)c4ccc5ccccc5c4)ccc3c1c1ccccc21.c1ccc(-c2ccc(N(c3ccccc3)c3ccc4c(ccc5ccc6cc7c(cc6c54)sc4ccccc47)c3)cc2)cc1.c1ccc(N(c2ccccc2)c2ccc3c(ccc4ccc5cc6c(cc5c43)sc3ccccc36)c2)cc1. The van der Waals surface area contributed by atoms with E-state index in [1.165, 1.54) is 193 Å². The van der Waals surface area contributed by atoms with Crippen molar-refractivity contribution in [1.82, 2.24) is 0 Å². The maximum absolute atomic E-state index is 2.41. The lowest BCUT2D eigenvalue weighted by Crippen LogP contribution is -2.15. The van der Waals surface area contributed by atoms with Gasteiger partial charge in [-0.25, -0.2) is 0 Å². The Kier molecular flexibility index (Phi) is 19.0. The first-order chi connectivity index (χ1) is 65.2. The van der Waals surface area contributed by atoms with Crippen LogP contribution in [0.25, 0.3) is 181 Å². The van der Waals surface area contributed by atoms with Crippen LogP contribution < -0.4 is 14.7 Å². The van der Waals surface area contributed by atoms with Crippen LogP contribution in [0.2, 0.25) is 0 Å². The van der Waals surface area contributed by atoms with E-state index in [9.17, 15) is 0 Å². The van der Waals surface area contributed by atoms with Crippen molar-refractivity contribution in [2.24, 2.45) is 0 Å². The fraction of sp³-hybridized carbons (Fsp3) is 0.0236. The predicted octanol–water partition coefficient (Wildman–Crippen LogP) is 37.4. The Morgan fingerprint density at radius 3 is 0.955 bits per heavy atom. The summed E-state index contributed by atoms with van der Waals surface area (Å²) < 4.78 is 5.38. The Labute approximate surface area is 773 Å². The topological polar surface area (TPSA) is 9.72 Å². The van der Waals surface area contributed by atoms with Crippen molar-refractivity contribution in [3.05, 3.63) is 490 Å². The highest BCUT2D eigenvalue weighted by molar-refractivity contribution is 7.26. The molecule has 2 aromatic heterocycles. The van der Waals surface area contributed by atoms with Crippen LogP contribution in [0.1, 0.15) is 25.0 Å². The van der Waals surface area contributed by atoms with Crippen LogP contribution >= 0.6 is 22.7 Å². The summed E-state index contributed by atoms with van der Waals surface area (Å²) in [5, 5.41) is 31.2. The van der Waals surface area contributed by atoms with E-state index < -0.39 is 0 Å². The molecule has 0 unspecified atom stereocenters. The van der Waals surface area contributed by atoms with Crippen molar-refractivity contribution >= 4 is 222 Å². The maximum Gasteiger partial charge on any atom is 0.0468 e. The molecule has 0 saturated heterocycles. The number of hydrogen-bond acceptors (Lipinski definition) is 5. The monoisotopic (exact) mass is 1720 g/mol. The van der Waals surface area contributed by atoms with Crippen LogP contribution in [0.3, 0.4) is 0 Å². The van der Waals surface area contributed by atoms with E-state index >= 15 is 0 Å². The first kappa shape index (κ1) is 78.0. The molecule has 0 spiro atoms. The zero-order valence-electron chi connectivity index (χ0n) is 72.8. The summed E-state index contributed by atoms with van der Waals surface area (Å²) in [6, 6.07) is 175. The van der Waals surface area contributed by atoms with Gasteiger partial charge in [0.25, 0.3) is 0 Å². The van der Waals surface area contributed by atoms with E-state index in [2.05, 4.69) is 508 Å². The van der Waals surface area contributed by atoms with Crippen molar-refractivity contribution in [2.45, 2.75) is 19.3 Å². The number of fused-ring (bicyclic) bond motifs is 27. The number of nitrogens with zero attached hydrogens (tertiary/aromatic N) is 3. The molecule has 3 nitrogen and oxygen atoms in total. The van der Waals surface area contributed by atoms with Crippen LogP contribution in [0.15, 0.2) is 479 Å². The molecule has 27 rings (SSSR count). The second-order valence-corrected chi connectivity index (χ2v) is 37.5. The van der Waals surface area contributed by atoms with Crippen LogP contribution in [-0.4, -0.2) is 0 Å². The lowest BCUT2D eigenvalue weighted by atomic mass is 9.78. The molecular formula is C127H85N3S2. The minimum Gasteiger partial charge on any atom is -0.310 e. The number of hydrogen-bond donors (Lipinski definition) is 0. The molecule has 1 aliphatic rings. The Balaban J connectivity index is 0.000000107. The van der Waals surface area contributed by atoms with Crippen molar-refractivity contribution in [3.63, 3.8) is 0 Å². The summed E-state index contributed by atoms with van der Waals surface area (Å²) >= 11 is 3.77. The van der Waals surface area contributed by atoms with Crippen molar-refractivity contribution in [1.29, 1.82) is 0 Å². The molecule has 1 aliphatic carbocycles. The van der Waals surface area contributed by atoms with Gasteiger partial charge < -0.3 is 14.7 Å². The molecule has 2 heterocycles. The molecule has 24 aromatic carbocycles. The van der Waals surface area contributed by atoms with Gasteiger partial charge in [0.05, 0.1) is 0 Å². The summed E-state index contributed by atoms with van der Waals surface area (Å²) in [7, 11) is 0. The van der Waals surface area contributed by atoms with Gasteiger partial charge in [-0.05, 0) is 298 Å². The summed E-state index contributed by atoms with van der Waals surface area (Å²) in [6.45, 7) is 4.79. The molecule has 5 heteroatoms. The third-order valence-electron chi connectivity index (χ3n) is 27.4. The smallest absolute Gasteiger partial charge is 0.0468 e. The summed E-state index contributed by atoms with van der Waals surface area (Å²) in [4.78, 5) is 7.07. The van der Waals surface area contributed by atoms with Crippen molar-refractivity contribution in [2.75, 3.05) is 14.7 Å². The molecule has 620 valence electrons. The number of para-hydroxylation sites is 3. The van der Waals surface area contributed by atoms with E-state index in [4.69, 9.17) is 0 Å². The Morgan fingerprint density at radius 1 is 0.174 bits per heavy atom. The second-order valence-electron chi connectivity index (χ2n) is 35.3. The molecule has 0 bridgehead atoms. The summed E-state index contributed by atoms with van der Waals surface area (Å²) in [5.74, 6) is 0. The van der Waals surface area contributed by atoms with E-state index in [0.29, 0.717) is 0 Å². The molecule has 0 saturated carbocycles. The minimum atomic E-state index is -0.0966. The fourth-order valence-corrected chi connectivity index (χ4v) is 23.4. The van der Waals surface area contributed by atoms with Gasteiger partial charge in [0, 0.05) is 96.9 Å². The van der Waals surface area contributed by atoms with Gasteiger partial charge >= 0.3 is 0 Å². The average Bonchev–Trinajstić information content (AvgIpc) is 1.52. The number of rotatable bonds is 11. The molecule has 0 N–H and O–H groups in total. The third-order valence-corrected chi connectivity index (χ3v) is 29.6. The molecule has 0 amide bonds.